The molecular weight excluding hydrogens is 382 g/mol. The van der Waals surface area contributed by atoms with Crippen molar-refractivity contribution in [3.05, 3.63) is 48.0 Å². The lowest BCUT2D eigenvalue weighted by Gasteiger charge is -2.13. The van der Waals surface area contributed by atoms with Gasteiger partial charge in [-0.2, -0.15) is 0 Å². The molecule has 0 atom stereocenters. The predicted molar refractivity (Wildman–Crippen MR) is 121 cm³/mol. The Morgan fingerprint density at radius 1 is 0.967 bits per heavy atom. The van der Waals surface area contributed by atoms with Gasteiger partial charge in [0, 0.05) is 38.4 Å². The average Bonchev–Trinajstić information content (AvgIpc) is 2.76. The summed E-state index contributed by atoms with van der Waals surface area (Å²) in [6.45, 7) is 7.14. The van der Waals surface area contributed by atoms with E-state index < -0.39 is 0 Å². The first-order chi connectivity index (χ1) is 14.7. The van der Waals surface area contributed by atoms with Crippen LogP contribution in [0.15, 0.2) is 47.5 Å². The Labute approximate surface area is 179 Å². The van der Waals surface area contributed by atoms with Crippen molar-refractivity contribution >= 4 is 11.6 Å². The van der Waals surface area contributed by atoms with Gasteiger partial charge in [0.25, 0.3) is 0 Å². The molecule has 0 saturated heterocycles. The predicted octanol–water partition coefficient (Wildman–Crippen LogP) is 4.09. The molecule has 2 aromatic rings. The molecule has 0 heterocycles. The lowest BCUT2D eigenvalue weighted by molar-refractivity contribution is 0.172. The van der Waals surface area contributed by atoms with Gasteiger partial charge in [0.15, 0.2) is 17.5 Å². The number of aliphatic imine (C=N–C) groups is 1. The second kappa shape index (κ2) is 13.3. The highest BCUT2D eigenvalue weighted by molar-refractivity contribution is 5.93. The highest BCUT2D eigenvalue weighted by Crippen LogP contribution is 2.28. The fourth-order valence-corrected chi connectivity index (χ4v) is 2.76. The van der Waals surface area contributed by atoms with Crippen molar-refractivity contribution in [2.75, 3.05) is 45.9 Å². The number of hydrogen-bond acceptors (Lipinski definition) is 5. The molecule has 0 spiro atoms. The molecule has 0 radical (unpaired) electrons. The van der Waals surface area contributed by atoms with Gasteiger partial charge in [0.05, 0.1) is 26.9 Å². The van der Waals surface area contributed by atoms with E-state index in [1.54, 1.807) is 14.2 Å². The number of ether oxygens (including phenoxy) is 4. The molecule has 0 saturated carbocycles. The Kier molecular flexibility index (Phi) is 10.4. The van der Waals surface area contributed by atoms with E-state index >= 15 is 0 Å². The number of nitrogens with one attached hydrogen (secondary N) is 2. The summed E-state index contributed by atoms with van der Waals surface area (Å²) >= 11 is 0. The molecule has 7 heteroatoms. The minimum atomic E-state index is 0.505. The third-order valence-electron chi connectivity index (χ3n) is 4.15. The summed E-state index contributed by atoms with van der Waals surface area (Å²) in [6.07, 6.45) is 0.851. The first kappa shape index (κ1) is 23.3. The molecule has 0 amide bonds. The van der Waals surface area contributed by atoms with Crippen molar-refractivity contribution in [1.82, 2.24) is 5.32 Å². The highest BCUT2D eigenvalue weighted by Gasteiger charge is 2.06. The second-order valence-electron chi connectivity index (χ2n) is 6.46. The molecule has 0 aliphatic rings. The van der Waals surface area contributed by atoms with E-state index in [-0.39, 0.29) is 0 Å². The molecule has 2 rings (SSSR count). The molecule has 7 nitrogen and oxygen atoms in total. The van der Waals surface area contributed by atoms with E-state index in [9.17, 15) is 0 Å². The van der Waals surface area contributed by atoms with Crippen LogP contribution in [-0.4, -0.2) is 46.5 Å². The van der Waals surface area contributed by atoms with E-state index in [0.717, 1.165) is 35.7 Å². The molecule has 2 N–H and O–H groups in total. The molecule has 164 valence electrons. The van der Waals surface area contributed by atoms with Gasteiger partial charge < -0.3 is 29.6 Å². The van der Waals surface area contributed by atoms with Gasteiger partial charge >= 0.3 is 0 Å². The normalized spacial score (nSPS) is 11.1. The number of nitrogens with zero attached hydrogens (tertiary/aromatic N) is 1. The van der Waals surface area contributed by atoms with Crippen molar-refractivity contribution in [1.29, 1.82) is 0 Å². The first-order valence-corrected chi connectivity index (χ1v) is 10.3. The summed E-state index contributed by atoms with van der Waals surface area (Å²) in [4.78, 5) is 4.69. The summed E-state index contributed by atoms with van der Waals surface area (Å²) in [6, 6.07) is 13.7. The van der Waals surface area contributed by atoms with Gasteiger partial charge in [-0.25, -0.2) is 4.99 Å². The SMILES string of the molecule is CCNC(=NCc1ccc(OCC)c(OC)c1)Nc1cccc(OCCCOC)c1. The van der Waals surface area contributed by atoms with Crippen molar-refractivity contribution in [3.8, 4) is 17.2 Å². The molecule has 2 aromatic carbocycles. The maximum Gasteiger partial charge on any atom is 0.196 e. The zero-order valence-corrected chi connectivity index (χ0v) is 18.4. The van der Waals surface area contributed by atoms with Crippen LogP contribution in [-0.2, 0) is 11.3 Å². The van der Waals surface area contributed by atoms with Crippen molar-refractivity contribution in [3.63, 3.8) is 0 Å². The third kappa shape index (κ3) is 7.83. The fourth-order valence-electron chi connectivity index (χ4n) is 2.76. The summed E-state index contributed by atoms with van der Waals surface area (Å²) in [5, 5.41) is 6.60. The highest BCUT2D eigenvalue weighted by atomic mass is 16.5. The van der Waals surface area contributed by atoms with Crippen molar-refractivity contribution in [2.45, 2.75) is 26.8 Å². The molecular formula is C23H33N3O4. The van der Waals surface area contributed by atoms with Gasteiger partial charge in [-0.3, -0.25) is 0 Å². The molecule has 0 fully saturated rings. The van der Waals surface area contributed by atoms with Gasteiger partial charge in [-0.05, 0) is 43.7 Å². The van der Waals surface area contributed by atoms with Gasteiger partial charge in [-0.1, -0.05) is 12.1 Å². The zero-order chi connectivity index (χ0) is 21.6. The maximum atomic E-state index is 5.77. The standard InChI is InChI=1S/C23H33N3O4/c1-5-24-23(25-17-18-11-12-21(29-6-2)22(15-18)28-4)26-19-9-7-10-20(16-19)30-14-8-13-27-3/h7,9-12,15-16H,5-6,8,13-14,17H2,1-4H3,(H2,24,25,26). The lowest BCUT2D eigenvalue weighted by atomic mass is 10.2. The Morgan fingerprint density at radius 2 is 1.83 bits per heavy atom. The van der Waals surface area contributed by atoms with Gasteiger partial charge in [0.2, 0.25) is 0 Å². The lowest BCUT2D eigenvalue weighted by Crippen LogP contribution is -2.30. The largest absolute Gasteiger partial charge is 0.493 e. The molecule has 0 aliphatic heterocycles. The number of anilines is 1. The number of guanidine groups is 1. The summed E-state index contributed by atoms with van der Waals surface area (Å²) in [7, 11) is 3.33. The van der Waals surface area contributed by atoms with Gasteiger partial charge in [-0.15, -0.1) is 0 Å². The molecule has 0 bridgehead atoms. The van der Waals surface area contributed by atoms with Crippen LogP contribution in [0.5, 0.6) is 17.2 Å². The summed E-state index contributed by atoms with van der Waals surface area (Å²) < 4.78 is 21.8. The van der Waals surface area contributed by atoms with E-state index in [2.05, 4.69) is 15.6 Å². The average molecular weight is 416 g/mol. The van der Waals surface area contributed by atoms with Crippen LogP contribution in [0, 0.1) is 0 Å². The summed E-state index contributed by atoms with van der Waals surface area (Å²) in [5.74, 6) is 2.95. The maximum absolute atomic E-state index is 5.77. The number of rotatable bonds is 12. The number of methoxy groups -OCH3 is 2. The van der Waals surface area contributed by atoms with E-state index in [4.69, 9.17) is 18.9 Å². The van der Waals surface area contributed by atoms with Crippen LogP contribution in [0.4, 0.5) is 5.69 Å². The molecule has 0 aromatic heterocycles. The smallest absolute Gasteiger partial charge is 0.196 e. The van der Waals surface area contributed by atoms with Crippen molar-refractivity contribution < 1.29 is 18.9 Å². The second-order valence-corrected chi connectivity index (χ2v) is 6.46. The third-order valence-corrected chi connectivity index (χ3v) is 4.15. The van der Waals surface area contributed by atoms with Crippen LogP contribution in [0.25, 0.3) is 0 Å². The monoisotopic (exact) mass is 415 g/mol. The minimum Gasteiger partial charge on any atom is -0.493 e. The molecule has 0 unspecified atom stereocenters. The van der Waals surface area contributed by atoms with Crippen LogP contribution in [0.1, 0.15) is 25.8 Å². The van der Waals surface area contributed by atoms with Crippen molar-refractivity contribution in [2.24, 2.45) is 4.99 Å². The quantitative estimate of drug-likeness (QED) is 0.309. The minimum absolute atomic E-state index is 0.505. The van der Waals surface area contributed by atoms with Gasteiger partial charge in [0.1, 0.15) is 5.75 Å². The molecule has 30 heavy (non-hydrogen) atoms. The zero-order valence-electron chi connectivity index (χ0n) is 18.4. The Hall–Kier alpha value is -2.93. The van der Waals surface area contributed by atoms with E-state index in [1.165, 1.54) is 0 Å². The van der Waals surface area contributed by atoms with E-state index in [1.807, 2.05) is 56.3 Å². The Morgan fingerprint density at radius 3 is 2.57 bits per heavy atom. The van der Waals surface area contributed by atoms with E-state index in [0.29, 0.717) is 38.1 Å². The van der Waals surface area contributed by atoms with Crippen LogP contribution in [0.2, 0.25) is 0 Å². The Bertz CT molecular complexity index is 796. The first-order valence-electron chi connectivity index (χ1n) is 10.3. The number of benzene rings is 2. The summed E-state index contributed by atoms with van der Waals surface area (Å²) in [5.41, 5.74) is 1.94. The van der Waals surface area contributed by atoms with Crippen LogP contribution >= 0.6 is 0 Å². The van der Waals surface area contributed by atoms with Crippen LogP contribution < -0.4 is 24.8 Å². The molecule has 0 aliphatic carbocycles. The van der Waals surface area contributed by atoms with Crippen LogP contribution in [0.3, 0.4) is 0 Å². The topological polar surface area (TPSA) is 73.3 Å². The number of hydrogen-bond donors (Lipinski definition) is 2. The Balaban J connectivity index is 2.04. The fraction of sp³-hybridized carbons (Fsp3) is 0.435.